The number of fused-ring (bicyclic) bond motifs is 1. The molecular formula is C23H26N8O2. The SMILES string of the molecule is CCN1CCN(C(=O)OCc2ccccc2)CC1c1cc(N)n2ncc(-c3cn[nH]c3)c2n1. The molecule has 1 fully saturated rings. The number of nitrogen functional groups attached to an aromatic ring is 1. The fourth-order valence-corrected chi connectivity index (χ4v) is 4.23. The summed E-state index contributed by atoms with van der Waals surface area (Å²) in [7, 11) is 0. The Morgan fingerprint density at radius 2 is 2.09 bits per heavy atom. The number of H-pyrrole nitrogens is 1. The minimum absolute atomic E-state index is 0.104. The van der Waals surface area contributed by atoms with Crippen molar-refractivity contribution in [1.82, 2.24) is 34.6 Å². The van der Waals surface area contributed by atoms with Crippen LogP contribution in [0.3, 0.4) is 0 Å². The lowest BCUT2D eigenvalue weighted by atomic mass is 10.1. The van der Waals surface area contributed by atoms with E-state index in [2.05, 4.69) is 27.1 Å². The van der Waals surface area contributed by atoms with Gasteiger partial charge in [-0.2, -0.15) is 14.7 Å². The van der Waals surface area contributed by atoms with E-state index in [1.165, 1.54) is 0 Å². The molecule has 0 bridgehead atoms. The molecule has 10 nitrogen and oxygen atoms in total. The fraction of sp³-hybridized carbons (Fsp3) is 0.304. The van der Waals surface area contributed by atoms with Crippen molar-refractivity contribution in [3.05, 3.63) is 66.2 Å². The van der Waals surface area contributed by atoms with E-state index < -0.39 is 0 Å². The summed E-state index contributed by atoms with van der Waals surface area (Å²) in [6.07, 6.45) is 4.94. The molecule has 0 spiro atoms. The third-order valence-electron chi connectivity index (χ3n) is 6.03. The molecule has 1 amide bonds. The normalized spacial score (nSPS) is 16.9. The van der Waals surface area contributed by atoms with E-state index in [9.17, 15) is 4.79 Å². The van der Waals surface area contributed by atoms with Crippen molar-refractivity contribution in [2.75, 3.05) is 31.9 Å². The molecule has 1 aliphatic rings. The number of hydrogen-bond acceptors (Lipinski definition) is 7. The van der Waals surface area contributed by atoms with Gasteiger partial charge < -0.3 is 15.4 Å². The first kappa shape index (κ1) is 21.0. The third kappa shape index (κ3) is 4.12. The highest BCUT2D eigenvalue weighted by Gasteiger charge is 2.32. The Morgan fingerprint density at radius 1 is 1.24 bits per heavy atom. The third-order valence-corrected chi connectivity index (χ3v) is 6.03. The zero-order valence-corrected chi connectivity index (χ0v) is 18.4. The van der Waals surface area contributed by atoms with Gasteiger partial charge in [-0.25, -0.2) is 9.78 Å². The second-order valence-corrected chi connectivity index (χ2v) is 8.02. The predicted molar refractivity (Wildman–Crippen MR) is 123 cm³/mol. The largest absolute Gasteiger partial charge is 0.445 e. The number of rotatable bonds is 5. The van der Waals surface area contributed by atoms with Crippen molar-refractivity contribution >= 4 is 17.6 Å². The fourth-order valence-electron chi connectivity index (χ4n) is 4.23. The van der Waals surface area contributed by atoms with Crippen molar-refractivity contribution in [3.8, 4) is 11.1 Å². The van der Waals surface area contributed by atoms with E-state index in [-0.39, 0.29) is 18.7 Å². The summed E-state index contributed by atoms with van der Waals surface area (Å²) < 4.78 is 7.19. The van der Waals surface area contributed by atoms with Gasteiger partial charge in [-0.05, 0) is 12.1 Å². The summed E-state index contributed by atoms with van der Waals surface area (Å²) >= 11 is 0. The molecule has 0 saturated carbocycles. The van der Waals surface area contributed by atoms with Gasteiger partial charge in [0.25, 0.3) is 0 Å². The Labute approximate surface area is 191 Å². The summed E-state index contributed by atoms with van der Waals surface area (Å²) in [6, 6.07) is 11.4. The average molecular weight is 447 g/mol. The topological polar surface area (TPSA) is 118 Å². The minimum Gasteiger partial charge on any atom is -0.445 e. The molecule has 0 radical (unpaired) electrons. The van der Waals surface area contributed by atoms with Crippen molar-refractivity contribution in [1.29, 1.82) is 0 Å². The van der Waals surface area contributed by atoms with E-state index in [0.717, 1.165) is 35.5 Å². The number of aromatic amines is 1. The van der Waals surface area contributed by atoms with Gasteiger partial charge in [-0.15, -0.1) is 0 Å². The molecule has 0 aliphatic carbocycles. The number of anilines is 1. The number of carbonyl (C=O) groups is 1. The van der Waals surface area contributed by atoms with E-state index in [1.54, 1.807) is 28.0 Å². The van der Waals surface area contributed by atoms with Crippen molar-refractivity contribution in [2.45, 2.75) is 19.6 Å². The van der Waals surface area contributed by atoms with Gasteiger partial charge in [0.1, 0.15) is 12.4 Å². The first-order chi connectivity index (χ1) is 16.1. The lowest BCUT2D eigenvalue weighted by Gasteiger charge is -2.40. The monoisotopic (exact) mass is 446 g/mol. The molecule has 33 heavy (non-hydrogen) atoms. The second kappa shape index (κ2) is 8.91. The number of likely N-dealkylation sites (N-methyl/N-ethyl adjacent to an activating group) is 1. The van der Waals surface area contributed by atoms with Crippen molar-refractivity contribution in [2.24, 2.45) is 0 Å². The molecular weight excluding hydrogens is 420 g/mol. The Hall–Kier alpha value is -3.92. The van der Waals surface area contributed by atoms with E-state index in [1.807, 2.05) is 36.4 Å². The highest BCUT2D eigenvalue weighted by molar-refractivity contribution is 5.77. The number of hydrogen-bond donors (Lipinski definition) is 2. The zero-order chi connectivity index (χ0) is 22.8. The number of aromatic nitrogens is 5. The molecule has 3 aromatic heterocycles. The molecule has 4 aromatic rings. The molecule has 5 rings (SSSR count). The highest BCUT2D eigenvalue weighted by Crippen LogP contribution is 2.29. The molecule has 1 aliphatic heterocycles. The number of nitrogens with two attached hydrogens (primary N) is 1. The van der Waals surface area contributed by atoms with Crippen molar-refractivity contribution in [3.63, 3.8) is 0 Å². The van der Waals surface area contributed by atoms with Crippen LogP contribution in [0.25, 0.3) is 16.8 Å². The lowest BCUT2D eigenvalue weighted by molar-refractivity contribution is 0.0477. The van der Waals surface area contributed by atoms with E-state index >= 15 is 0 Å². The zero-order valence-electron chi connectivity index (χ0n) is 18.4. The molecule has 4 heterocycles. The minimum atomic E-state index is -0.322. The summed E-state index contributed by atoms with van der Waals surface area (Å²) in [5, 5.41) is 11.2. The van der Waals surface area contributed by atoms with Gasteiger partial charge in [-0.1, -0.05) is 37.3 Å². The number of carbonyl (C=O) groups excluding carboxylic acids is 1. The average Bonchev–Trinajstić information content (AvgIpc) is 3.53. The molecule has 10 heteroatoms. The van der Waals surface area contributed by atoms with Crippen LogP contribution < -0.4 is 5.73 Å². The molecule has 1 saturated heterocycles. The van der Waals surface area contributed by atoms with Crippen LogP contribution in [-0.2, 0) is 11.3 Å². The Bertz CT molecular complexity index is 1240. The smallest absolute Gasteiger partial charge is 0.410 e. The quantitative estimate of drug-likeness (QED) is 0.484. The van der Waals surface area contributed by atoms with Crippen molar-refractivity contribution < 1.29 is 9.53 Å². The Kier molecular flexibility index (Phi) is 5.66. The van der Waals surface area contributed by atoms with Crippen LogP contribution in [0.1, 0.15) is 24.2 Å². The first-order valence-corrected chi connectivity index (χ1v) is 11.0. The van der Waals surface area contributed by atoms with Crippen LogP contribution >= 0.6 is 0 Å². The molecule has 1 unspecified atom stereocenters. The lowest BCUT2D eigenvalue weighted by Crippen LogP contribution is -2.50. The Morgan fingerprint density at radius 3 is 2.85 bits per heavy atom. The number of ether oxygens (including phenoxy) is 1. The molecule has 170 valence electrons. The number of amides is 1. The van der Waals surface area contributed by atoms with Gasteiger partial charge in [0.2, 0.25) is 0 Å². The highest BCUT2D eigenvalue weighted by atomic mass is 16.6. The van der Waals surface area contributed by atoms with E-state index in [0.29, 0.717) is 24.6 Å². The van der Waals surface area contributed by atoms with Crippen LogP contribution in [0.4, 0.5) is 10.6 Å². The number of nitrogens with zero attached hydrogens (tertiary/aromatic N) is 6. The maximum atomic E-state index is 12.8. The first-order valence-electron chi connectivity index (χ1n) is 11.0. The van der Waals surface area contributed by atoms with Gasteiger partial charge >= 0.3 is 6.09 Å². The van der Waals surface area contributed by atoms with Gasteiger partial charge in [0.05, 0.1) is 24.1 Å². The van der Waals surface area contributed by atoms with Crippen LogP contribution in [0.15, 0.2) is 55.0 Å². The molecule has 1 aromatic carbocycles. The van der Waals surface area contributed by atoms with Gasteiger partial charge in [0, 0.05) is 43.0 Å². The number of piperazine rings is 1. The standard InChI is InChI=1S/C23H26N8O2/c1-2-29-8-9-30(23(32)33-15-16-6-4-3-5-7-16)14-20(29)19-10-21(24)31-22(28-19)18(13-27-31)17-11-25-26-12-17/h3-7,10-13,20H,2,8-9,14-15,24H2,1H3,(H,25,26). The van der Waals surface area contributed by atoms with Crippen LogP contribution in [0.5, 0.6) is 0 Å². The van der Waals surface area contributed by atoms with Crippen LogP contribution in [-0.4, -0.2) is 66.9 Å². The summed E-state index contributed by atoms with van der Waals surface area (Å²) in [4.78, 5) is 21.8. The molecule has 1 atom stereocenters. The number of benzene rings is 1. The number of nitrogens with one attached hydrogen (secondary N) is 1. The summed E-state index contributed by atoms with van der Waals surface area (Å²) in [6.45, 7) is 4.98. The van der Waals surface area contributed by atoms with Crippen LogP contribution in [0.2, 0.25) is 0 Å². The molecule has 3 N–H and O–H groups in total. The maximum absolute atomic E-state index is 12.8. The van der Waals surface area contributed by atoms with Gasteiger partial charge in [-0.3, -0.25) is 10.00 Å². The Balaban J connectivity index is 1.40. The summed E-state index contributed by atoms with van der Waals surface area (Å²) in [5.41, 5.74) is 10.5. The van der Waals surface area contributed by atoms with E-state index in [4.69, 9.17) is 15.5 Å². The van der Waals surface area contributed by atoms with Crippen LogP contribution in [0, 0.1) is 0 Å². The second-order valence-electron chi connectivity index (χ2n) is 8.02. The summed E-state index contributed by atoms with van der Waals surface area (Å²) in [5.74, 6) is 0.490. The van der Waals surface area contributed by atoms with Gasteiger partial charge in [0.15, 0.2) is 5.65 Å². The predicted octanol–water partition coefficient (Wildman–Crippen LogP) is 2.72. The maximum Gasteiger partial charge on any atom is 0.410 e.